The van der Waals surface area contributed by atoms with Gasteiger partial charge in [0.25, 0.3) is 0 Å². The number of H-pyrrole nitrogens is 2. The van der Waals surface area contributed by atoms with Crippen molar-refractivity contribution in [1.29, 1.82) is 0 Å². The number of imidazole rings is 2. The number of aromatic amines is 2. The highest BCUT2D eigenvalue weighted by atomic mass is 32.1. The fourth-order valence-corrected chi connectivity index (χ4v) is 4.02. The highest BCUT2D eigenvalue weighted by Crippen LogP contribution is 2.19. The number of hydrogen-bond acceptors (Lipinski definition) is 8. The van der Waals surface area contributed by atoms with Gasteiger partial charge >= 0.3 is 5.97 Å². The Hall–Kier alpha value is -3.39. The van der Waals surface area contributed by atoms with Crippen LogP contribution in [0.1, 0.15) is 24.2 Å². The molecule has 0 radical (unpaired) electrons. The number of nitrogens with zero attached hydrogens (tertiary/aromatic N) is 3. The number of carboxylic acids is 1. The van der Waals surface area contributed by atoms with Crippen molar-refractivity contribution >= 4 is 36.3 Å². The number of rotatable bonds is 11. The van der Waals surface area contributed by atoms with E-state index >= 15 is 0 Å². The SMILES string of the molecule is NC(Cc1cnc[nH]1)C(=O)NC(Cc1cnc[nH]1)C(=O)NC(CS)C(=O)N1CCCC1C(=O)O. The molecule has 0 saturated carbocycles. The molecule has 13 nitrogen and oxygen atoms in total. The number of likely N-dealkylation sites (tertiary alicyclic amines) is 1. The van der Waals surface area contributed by atoms with Gasteiger partial charge in [0.1, 0.15) is 18.1 Å². The van der Waals surface area contributed by atoms with Crippen LogP contribution < -0.4 is 16.4 Å². The van der Waals surface area contributed by atoms with Crippen molar-refractivity contribution < 1.29 is 24.3 Å². The molecule has 7 N–H and O–H groups in total. The third-order valence-electron chi connectivity index (χ3n) is 5.56. The van der Waals surface area contributed by atoms with Gasteiger partial charge in [0.05, 0.1) is 18.7 Å². The fourth-order valence-electron chi connectivity index (χ4n) is 3.78. The Morgan fingerprint density at radius 1 is 1.09 bits per heavy atom. The minimum absolute atomic E-state index is 0.0442. The molecule has 0 aliphatic carbocycles. The van der Waals surface area contributed by atoms with E-state index in [-0.39, 0.29) is 25.1 Å². The number of aliphatic carboxylic acids is 1. The monoisotopic (exact) mass is 492 g/mol. The van der Waals surface area contributed by atoms with Gasteiger partial charge in [-0.05, 0) is 12.8 Å². The molecule has 14 heteroatoms. The van der Waals surface area contributed by atoms with Gasteiger partial charge in [-0.1, -0.05) is 0 Å². The largest absolute Gasteiger partial charge is 0.480 e. The van der Waals surface area contributed by atoms with E-state index in [2.05, 4.69) is 43.2 Å². The van der Waals surface area contributed by atoms with Crippen LogP contribution in [-0.2, 0) is 32.0 Å². The lowest BCUT2D eigenvalue weighted by molar-refractivity contribution is -0.149. The van der Waals surface area contributed by atoms with E-state index in [0.717, 1.165) is 0 Å². The number of aromatic nitrogens is 4. The Bertz CT molecular complexity index is 983. The van der Waals surface area contributed by atoms with Crippen molar-refractivity contribution in [2.45, 2.75) is 49.9 Å². The number of carbonyl (C=O) groups is 4. The van der Waals surface area contributed by atoms with Crippen LogP contribution in [0.3, 0.4) is 0 Å². The van der Waals surface area contributed by atoms with Crippen LogP contribution in [0.5, 0.6) is 0 Å². The number of amides is 3. The Morgan fingerprint density at radius 2 is 1.71 bits per heavy atom. The number of hydrogen-bond donors (Lipinski definition) is 7. The smallest absolute Gasteiger partial charge is 0.326 e. The van der Waals surface area contributed by atoms with E-state index in [1.807, 2.05) is 0 Å². The van der Waals surface area contributed by atoms with E-state index in [9.17, 15) is 24.3 Å². The molecule has 3 rings (SSSR count). The van der Waals surface area contributed by atoms with E-state index in [4.69, 9.17) is 5.73 Å². The van der Waals surface area contributed by atoms with Gasteiger partial charge in [0.2, 0.25) is 17.7 Å². The summed E-state index contributed by atoms with van der Waals surface area (Å²) >= 11 is 4.17. The van der Waals surface area contributed by atoms with E-state index in [1.165, 1.54) is 23.8 Å². The summed E-state index contributed by atoms with van der Waals surface area (Å²) in [6, 6.07) is -4.01. The summed E-state index contributed by atoms with van der Waals surface area (Å²) in [7, 11) is 0. The maximum absolute atomic E-state index is 13.1. The zero-order valence-electron chi connectivity index (χ0n) is 18.3. The maximum atomic E-state index is 13.1. The van der Waals surface area contributed by atoms with Crippen LogP contribution >= 0.6 is 12.6 Å². The highest BCUT2D eigenvalue weighted by molar-refractivity contribution is 7.80. The molecule has 3 amide bonds. The first kappa shape index (κ1) is 25.2. The Morgan fingerprint density at radius 3 is 2.26 bits per heavy atom. The van der Waals surface area contributed by atoms with Crippen molar-refractivity contribution in [3.05, 3.63) is 36.4 Å². The summed E-state index contributed by atoms with van der Waals surface area (Å²) in [4.78, 5) is 65.0. The lowest BCUT2D eigenvalue weighted by Gasteiger charge is -2.28. The molecule has 4 atom stereocenters. The Labute approximate surface area is 200 Å². The standard InChI is InChI=1S/C20H28N8O5S/c21-13(4-11-6-22-9-24-11)17(29)26-14(5-12-7-23-10-25-12)18(30)27-15(8-34)19(31)28-3-1-2-16(28)20(32)33/h6-7,9-10,13-16,34H,1-5,8,21H2,(H,22,24)(H,23,25)(H,26,29)(H,27,30)(H,32,33). The van der Waals surface area contributed by atoms with Crippen molar-refractivity contribution in [2.24, 2.45) is 5.73 Å². The first-order valence-corrected chi connectivity index (χ1v) is 11.4. The predicted molar refractivity (Wildman–Crippen MR) is 123 cm³/mol. The second-order valence-electron chi connectivity index (χ2n) is 8.00. The van der Waals surface area contributed by atoms with Gasteiger partial charge in [-0.2, -0.15) is 12.6 Å². The third kappa shape index (κ3) is 6.35. The summed E-state index contributed by atoms with van der Waals surface area (Å²) in [5.41, 5.74) is 7.24. The van der Waals surface area contributed by atoms with Crippen LogP contribution in [0, 0.1) is 0 Å². The summed E-state index contributed by atoms with van der Waals surface area (Å²) in [6.07, 6.45) is 7.14. The maximum Gasteiger partial charge on any atom is 0.326 e. The molecule has 3 heterocycles. The minimum Gasteiger partial charge on any atom is -0.480 e. The molecule has 2 aromatic heterocycles. The molecule has 2 aromatic rings. The number of carbonyl (C=O) groups excluding carboxylic acids is 3. The Kier molecular flexibility index (Phi) is 8.65. The van der Waals surface area contributed by atoms with Gasteiger partial charge in [-0.25, -0.2) is 14.8 Å². The van der Waals surface area contributed by atoms with Crippen LogP contribution in [-0.4, -0.2) is 90.1 Å². The zero-order valence-corrected chi connectivity index (χ0v) is 19.2. The van der Waals surface area contributed by atoms with Crippen LogP contribution in [0.15, 0.2) is 25.0 Å². The van der Waals surface area contributed by atoms with Crippen LogP contribution in [0.4, 0.5) is 0 Å². The van der Waals surface area contributed by atoms with E-state index in [0.29, 0.717) is 24.2 Å². The number of carboxylic acid groups (broad SMARTS) is 1. The van der Waals surface area contributed by atoms with Crippen molar-refractivity contribution in [1.82, 2.24) is 35.5 Å². The molecule has 184 valence electrons. The van der Waals surface area contributed by atoms with E-state index < -0.39 is 47.9 Å². The van der Waals surface area contributed by atoms with Gasteiger partial charge in [-0.3, -0.25) is 14.4 Å². The predicted octanol–water partition coefficient (Wildman–Crippen LogP) is -1.78. The molecular formula is C20H28N8O5S. The molecule has 1 fully saturated rings. The lowest BCUT2D eigenvalue weighted by atomic mass is 10.1. The number of nitrogens with two attached hydrogens (primary N) is 1. The molecule has 1 saturated heterocycles. The van der Waals surface area contributed by atoms with Crippen molar-refractivity contribution in [2.75, 3.05) is 12.3 Å². The molecule has 1 aliphatic rings. The second kappa shape index (κ2) is 11.7. The molecule has 0 spiro atoms. The first-order valence-electron chi connectivity index (χ1n) is 10.7. The summed E-state index contributed by atoms with van der Waals surface area (Å²) in [5.74, 6) is -2.86. The first-order chi connectivity index (χ1) is 16.3. The summed E-state index contributed by atoms with van der Waals surface area (Å²) < 4.78 is 0. The van der Waals surface area contributed by atoms with Gasteiger partial charge in [0.15, 0.2) is 0 Å². The molecule has 0 aromatic carbocycles. The summed E-state index contributed by atoms with van der Waals surface area (Å²) in [5, 5.41) is 14.6. The third-order valence-corrected chi connectivity index (χ3v) is 5.93. The van der Waals surface area contributed by atoms with Gasteiger partial charge in [0, 0.05) is 48.9 Å². The average Bonchev–Trinajstić information content (AvgIpc) is 3.59. The lowest BCUT2D eigenvalue weighted by Crippen LogP contribution is -2.58. The zero-order chi connectivity index (χ0) is 24.7. The minimum atomic E-state index is -1.09. The van der Waals surface area contributed by atoms with Crippen LogP contribution in [0.2, 0.25) is 0 Å². The molecule has 34 heavy (non-hydrogen) atoms. The molecule has 1 aliphatic heterocycles. The molecule has 4 unspecified atom stereocenters. The fraction of sp³-hybridized carbons (Fsp3) is 0.500. The second-order valence-corrected chi connectivity index (χ2v) is 8.37. The van der Waals surface area contributed by atoms with Crippen LogP contribution in [0.25, 0.3) is 0 Å². The summed E-state index contributed by atoms with van der Waals surface area (Å²) in [6.45, 7) is 0.284. The molecular weight excluding hydrogens is 464 g/mol. The van der Waals surface area contributed by atoms with Crippen molar-refractivity contribution in [3.63, 3.8) is 0 Å². The highest BCUT2D eigenvalue weighted by Gasteiger charge is 2.38. The van der Waals surface area contributed by atoms with E-state index in [1.54, 1.807) is 6.20 Å². The average molecular weight is 493 g/mol. The molecule has 0 bridgehead atoms. The normalized spacial score (nSPS) is 18.2. The van der Waals surface area contributed by atoms with Crippen molar-refractivity contribution in [3.8, 4) is 0 Å². The van der Waals surface area contributed by atoms with Gasteiger partial charge < -0.3 is 36.3 Å². The topological polar surface area (TPSA) is 199 Å². The Balaban J connectivity index is 1.69. The number of nitrogens with one attached hydrogen (secondary N) is 4. The van der Waals surface area contributed by atoms with Gasteiger partial charge in [-0.15, -0.1) is 0 Å². The quantitative estimate of drug-likeness (QED) is 0.178. The number of thiol groups is 1.